The fourth-order valence-corrected chi connectivity index (χ4v) is 6.25. The molecule has 0 amide bonds. The summed E-state index contributed by atoms with van der Waals surface area (Å²) in [6.07, 6.45) is 13.7. The molecule has 3 aliphatic rings. The van der Waals surface area contributed by atoms with Crippen molar-refractivity contribution in [1.29, 1.82) is 0 Å². The lowest BCUT2D eigenvalue weighted by Crippen LogP contribution is -2.45. The second-order valence-electron chi connectivity index (χ2n) is 11.0. The first-order chi connectivity index (χ1) is 14.0. The van der Waals surface area contributed by atoms with Gasteiger partial charge in [-0.1, -0.05) is 37.8 Å². The van der Waals surface area contributed by atoms with Crippen LogP contribution in [0.1, 0.15) is 78.6 Å². The van der Waals surface area contributed by atoms with Crippen molar-refractivity contribution >= 4 is 0 Å². The van der Waals surface area contributed by atoms with E-state index in [4.69, 9.17) is 0 Å². The van der Waals surface area contributed by atoms with Crippen LogP contribution in [0.3, 0.4) is 0 Å². The van der Waals surface area contributed by atoms with Gasteiger partial charge < -0.3 is 15.1 Å². The van der Waals surface area contributed by atoms with Crippen molar-refractivity contribution in [2.24, 2.45) is 11.3 Å². The molecule has 3 nitrogen and oxygen atoms in total. The molecule has 2 unspecified atom stereocenters. The summed E-state index contributed by atoms with van der Waals surface area (Å²) < 4.78 is 0. The molecule has 0 aromatic rings. The van der Waals surface area contributed by atoms with Crippen LogP contribution in [0.5, 0.6) is 0 Å². The third-order valence-electron chi connectivity index (χ3n) is 8.02. The van der Waals surface area contributed by atoms with Gasteiger partial charge >= 0.3 is 0 Å². The maximum Gasteiger partial charge on any atom is 0.0791 e. The molecule has 4 atom stereocenters. The van der Waals surface area contributed by atoms with Crippen LogP contribution in [0.25, 0.3) is 0 Å². The van der Waals surface area contributed by atoms with Crippen molar-refractivity contribution < 1.29 is 10.2 Å². The highest BCUT2D eigenvalue weighted by molar-refractivity contribution is 5.41. The molecule has 0 aliphatic heterocycles. The van der Waals surface area contributed by atoms with Gasteiger partial charge in [-0.2, -0.15) is 0 Å². The molecule has 0 aromatic heterocycles. The molecule has 0 bridgehead atoms. The van der Waals surface area contributed by atoms with E-state index in [1.165, 1.54) is 37.7 Å². The molecule has 2 N–H and O–H groups in total. The zero-order valence-electron chi connectivity index (χ0n) is 19.7. The van der Waals surface area contributed by atoms with E-state index >= 15 is 0 Å². The van der Waals surface area contributed by atoms with E-state index in [0.717, 1.165) is 37.0 Å². The quantitative estimate of drug-likeness (QED) is 0.561. The Morgan fingerprint density at radius 3 is 2.67 bits per heavy atom. The van der Waals surface area contributed by atoms with Crippen LogP contribution in [0.2, 0.25) is 0 Å². The molecular formula is C27H43NO2. The summed E-state index contributed by atoms with van der Waals surface area (Å²) in [5.41, 5.74) is 4.55. The van der Waals surface area contributed by atoms with E-state index in [0.29, 0.717) is 23.8 Å². The minimum atomic E-state index is -0.569. The van der Waals surface area contributed by atoms with Crippen LogP contribution < -0.4 is 0 Å². The monoisotopic (exact) mass is 413 g/mol. The topological polar surface area (TPSA) is 43.7 Å². The minimum Gasteiger partial charge on any atom is -0.390 e. The third kappa shape index (κ3) is 5.18. The Kier molecular flexibility index (Phi) is 7.16. The summed E-state index contributed by atoms with van der Waals surface area (Å²) in [5, 5.41) is 20.2. The highest BCUT2D eigenvalue weighted by atomic mass is 16.3. The number of allylic oxidation sites excluding steroid dienone is 4. The first-order valence-corrected chi connectivity index (χ1v) is 11.9. The average molecular weight is 414 g/mol. The van der Waals surface area contributed by atoms with Gasteiger partial charge in [0, 0.05) is 12.5 Å². The van der Waals surface area contributed by atoms with Gasteiger partial charge in [-0.3, -0.25) is 0 Å². The summed E-state index contributed by atoms with van der Waals surface area (Å²) in [7, 11) is 2.28. The van der Waals surface area contributed by atoms with Crippen molar-refractivity contribution in [1.82, 2.24) is 4.90 Å². The van der Waals surface area contributed by atoms with Gasteiger partial charge in [0.15, 0.2) is 0 Å². The number of nitrogens with zero attached hydrogens (tertiary/aromatic N) is 1. The summed E-state index contributed by atoms with van der Waals surface area (Å²) in [4.78, 5) is 2.57. The highest BCUT2D eigenvalue weighted by Crippen LogP contribution is 2.55. The molecule has 3 fully saturated rings. The average Bonchev–Trinajstić information content (AvgIpc) is 3.00. The fourth-order valence-electron chi connectivity index (χ4n) is 6.25. The molecule has 3 heteroatoms. The molecule has 0 saturated heterocycles. The Labute approximate surface area is 184 Å². The number of hydrogen-bond acceptors (Lipinski definition) is 3. The molecule has 0 heterocycles. The Bertz CT molecular complexity index is 726. The second-order valence-corrected chi connectivity index (χ2v) is 11.0. The van der Waals surface area contributed by atoms with Gasteiger partial charge in [0.05, 0.1) is 11.7 Å². The number of hydrogen-bond donors (Lipinski definition) is 2. The van der Waals surface area contributed by atoms with Gasteiger partial charge in [0.2, 0.25) is 0 Å². The molecule has 168 valence electrons. The predicted octanol–water partition coefficient (Wildman–Crippen LogP) is 5.56. The molecule has 0 spiro atoms. The van der Waals surface area contributed by atoms with Crippen molar-refractivity contribution in [3.05, 3.63) is 47.6 Å². The standard InChI is InChI=1S/C27H43NO2/c1-19-17-20(2)24(29)18-22(19)11-10-21-9-7-15-27(5)23(21)12-13-25(27)28(6)16-8-14-26(3,4)30/h10-11,23-25,29-30H,1-2,7-9,12-18H2,3-6H3/b21-10+,22-11+/t23?,24-,25?,27+/m1/s1. The largest absolute Gasteiger partial charge is 0.390 e. The second kappa shape index (κ2) is 9.14. The van der Waals surface area contributed by atoms with E-state index < -0.39 is 11.7 Å². The van der Waals surface area contributed by atoms with Crippen LogP contribution in [0, 0.1) is 11.3 Å². The molecule has 0 aromatic carbocycles. The fraction of sp³-hybridized carbons (Fsp3) is 0.704. The van der Waals surface area contributed by atoms with Crippen LogP contribution in [-0.2, 0) is 0 Å². The number of fused-ring (bicyclic) bond motifs is 1. The lowest BCUT2D eigenvalue weighted by molar-refractivity contribution is 0.0516. The Hall–Kier alpha value is -1.16. The van der Waals surface area contributed by atoms with E-state index in [9.17, 15) is 10.2 Å². The van der Waals surface area contributed by atoms with E-state index in [1.54, 1.807) is 5.57 Å². The molecular weight excluding hydrogens is 370 g/mol. The van der Waals surface area contributed by atoms with Crippen molar-refractivity contribution in [2.75, 3.05) is 13.6 Å². The number of aliphatic hydroxyl groups excluding tert-OH is 1. The normalized spacial score (nSPS) is 35.5. The van der Waals surface area contributed by atoms with Crippen molar-refractivity contribution in [2.45, 2.75) is 96.3 Å². The lowest BCUT2D eigenvalue weighted by atomic mass is 9.65. The Morgan fingerprint density at radius 1 is 1.23 bits per heavy atom. The number of aliphatic hydroxyl groups is 2. The van der Waals surface area contributed by atoms with E-state index in [1.807, 2.05) is 13.8 Å². The van der Waals surface area contributed by atoms with Gasteiger partial charge in [0.25, 0.3) is 0 Å². The SMILES string of the molecule is C=C1CC(=C)[C@H](O)C/C1=C\C=C1/CCC[C@@]2(C)C1CCC2N(C)CCCC(C)(C)O. The zero-order chi connectivity index (χ0) is 22.1. The van der Waals surface area contributed by atoms with Gasteiger partial charge in [-0.05, 0) is 107 Å². The van der Waals surface area contributed by atoms with E-state index in [-0.39, 0.29) is 0 Å². The number of rotatable bonds is 6. The summed E-state index contributed by atoms with van der Waals surface area (Å²) in [6, 6.07) is 0.621. The van der Waals surface area contributed by atoms with Crippen LogP contribution >= 0.6 is 0 Å². The Balaban J connectivity index is 1.69. The molecule has 30 heavy (non-hydrogen) atoms. The van der Waals surface area contributed by atoms with Gasteiger partial charge in [-0.25, -0.2) is 0 Å². The summed E-state index contributed by atoms with van der Waals surface area (Å²) in [6.45, 7) is 15.6. The van der Waals surface area contributed by atoms with Gasteiger partial charge in [0.1, 0.15) is 0 Å². The van der Waals surface area contributed by atoms with Crippen LogP contribution in [-0.4, -0.2) is 46.5 Å². The summed E-state index contributed by atoms with van der Waals surface area (Å²) in [5.74, 6) is 0.654. The molecule has 3 aliphatic carbocycles. The zero-order valence-corrected chi connectivity index (χ0v) is 19.7. The molecule has 3 saturated carbocycles. The van der Waals surface area contributed by atoms with Crippen molar-refractivity contribution in [3.63, 3.8) is 0 Å². The Morgan fingerprint density at radius 2 is 1.97 bits per heavy atom. The molecule has 0 radical (unpaired) electrons. The first-order valence-electron chi connectivity index (χ1n) is 11.9. The lowest BCUT2D eigenvalue weighted by Gasteiger charge is -2.45. The van der Waals surface area contributed by atoms with Crippen LogP contribution in [0.15, 0.2) is 47.6 Å². The maximum absolute atomic E-state index is 10.2. The smallest absolute Gasteiger partial charge is 0.0791 e. The van der Waals surface area contributed by atoms with Crippen molar-refractivity contribution in [3.8, 4) is 0 Å². The third-order valence-corrected chi connectivity index (χ3v) is 8.02. The summed E-state index contributed by atoms with van der Waals surface area (Å²) >= 11 is 0. The molecule has 3 rings (SSSR count). The minimum absolute atomic E-state index is 0.337. The van der Waals surface area contributed by atoms with E-state index in [2.05, 4.69) is 44.2 Å². The first kappa shape index (κ1) is 23.5. The van der Waals surface area contributed by atoms with Gasteiger partial charge in [-0.15, -0.1) is 0 Å². The predicted molar refractivity (Wildman–Crippen MR) is 126 cm³/mol. The maximum atomic E-state index is 10.2. The highest BCUT2D eigenvalue weighted by Gasteiger charge is 2.50. The van der Waals surface area contributed by atoms with Crippen LogP contribution in [0.4, 0.5) is 0 Å².